The van der Waals surface area contributed by atoms with Crippen LogP contribution in [0.15, 0.2) is 102 Å². The van der Waals surface area contributed by atoms with Crippen LogP contribution in [0, 0.1) is 0 Å². The molecule has 0 aliphatic heterocycles. The highest BCUT2D eigenvalue weighted by Crippen LogP contribution is 2.16. The molecule has 6 heteroatoms. The van der Waals surface area contributed by atoms with Crippen LogP contribution < -0.4 is 10.6 Å². The van der Waals surface area contributed by atoms with Gasteiger partial charge in [-0.15, -0.1) is 0 Å². The minimum Gasteiger partial charge on any atom is -0.467 e. The lowest BCUT2D eigenvalue weighted by molar-refractivity contribution is 0.0929. The molecule has 0 aliphatic rings. The number of ether oxygens (including phenoxy) is 1. The highest BCUT2D eigenvalue weighted by atomic mass is 16.5. The highest BCUT2D eigenvalue weighted by molar-refractivity contribution is 6.06. The van der Waals surface area contributed by atoms with Gasteiger partial charge in [0.25, 0.3) is 11.8 Å². The van der Waals surface area contributed by atoms with Crippen LogP contribution in [0.4, 0.5) is 11.4 Å². The summed E-state index contributed by atoms with van der Waals surface area (Å²) in [5.41, 5.74) is 3.29. The number of hydrogen-bond donors (Lipinski definition) is 2. The number of furan rings is 1. The van der Waals surface area contributed by atoms with Crippen LogP contribution in [-0.4, -0.2) is 11.8 Å². The fourth-order valence-electron chi connectivity index (χ4n) is 3.10. The maximum atomic E-state index is 12.6. The third-order valence-electron chi connectivity index (χ3n) is 4.72. The molecule has 32 heavy (non-hydrogen) atoms. The van der Waals surface area contributed by atoms with Crippen LogP contribution in [0.25, 0.3) is 0 Å². The summed E-state index contributed by atoms with van der Waals surface area (Å²) in [6.07, 6.45) is 1.61. The summed E-state index contributed by atoms with van der Waals surface area (Å²) in [5.74, 6) is 0.325. The van der Waals surface area contributed by atoms with E-state index in [1.54, 1.807) is 42.7 Å². The smallest absolute Gasteiger partial charge is 0.255 e. The second-order valence-corrected chi connectivity index (χ2v) is 7.12. The maximum Gasteiger partial charge on any atom is 0.255 e. The van der Waals surface area contributed by atoms with E-state index in [2.05, 4.69) is 10.6 Å². The Morgan fingerprint density at radius 3 is 2.12 bits per heavy atom. The maximum absolute atomic E-state index is 12.6. The van der Waals surface area contributed by atoms with Crippen molar-refractivity contribution in [2.24, 2.45) is 0 Å². The zero-order valence-corrected chi connectivity index (χ0v) is 17.3. The Balaban J connectivity index is 1.32. The number of anilines is 2. The number of amides is 2. The molecule has 0 saturated carbocycles. The van der Waals surface area contributed by atoms with Crippen LogP contribution in [0.1, 0.15) is 32.0 Å². The second kappa shape index (κ2) is 10.2. The number of carbonyl (C=O) groups is 2. The normalized spacial score (nSPS) is 10.5. The standard InChI is InChI=1S/C26H22N2O4/c29-25(20-7-2-1-3-8-20)27-22-13-11-21(12-14-22)26(30)28-23-9-4-6-19(16-23)17-31-18-24-10-5-15-32-24/h1-16H,17-18H2,(H,27,29)(H,28,30). The molecule has 4 rings (SSSR count). The Morgan fingerprint density at radius 2 is 1.41 bits per heavy atom. The van der Waals surface area contributed by atoms with E-state index < -0.39 is 0 Å². The summed E-state index contributed by atoms with van der Waals surface area (Å²) in [4.78, 5) is 24.8. The van der Waals surface area contributed by atoms with Crippen molar-refractivity contribution in [3.63, 3.8) is 0 Å². The van der Waals surface area contributed by atoms with Gasteiger partial charge in [-0.05, 0) is 66.2 Å². The van der Waals surface area contributed by atoms with E-state index in [9.17, 15) is 9.59 Å². The van der Waals surface area contributed by atoms with Crippen molar-refractivity contribution < 1.29 is 18.7 Å². The van der Waals surface area contributed by atoms with Gasteiger partial charge in [0.2, 0.25) is 0 Å². The molecule has 160 valence electrons. The van der Waals surface area contributed by atoms with Crippen molar-refractivity contribution >= 4 is 23.2 Å². The fourth-order valence-corrected chi connectivity index (χ4v) is 3.10. The fraction of sp³-hybridized carbons (Fsp3) is 0.0769. The summed E-state index contributed by atoms with van der Waals surface area (Å²) >= 11 is 0. The SMILES string of the molecule is O=C(Nc1ccc(C(=O)Nc2cccc(COCc3ccco3)c2)cc1)c1ccccc1. The molecule has 3 aromatic carbocycles. The molecule has 0 unspecified atom stereocenters. The van der Waals surface area contributed by atoms with E-state index in [4.69, 9.17) is 9.15 Å². The summed E-state index contributed by atoms with van der Waals surface area (Å²) in [5, 5.41) is 5.71. The molecule has 6 nitrogen and oxygen atoms in total. The first kappa shape index (κ1) is 21.1. The number of benzene rings is 3. The molecular weight excluding hydrogens is 404 g/mol. The van der Waals surface area contributed by atoms with Gasteiger partial charge in [-0.3, -0.25) is 9.59 Å². The minimum atomic E-state index is -0.236. The molecule has 4 aromatic rings. The number of rotatable bonds is 8. The predicted octanol–water partition coefficient (Wildman–Crippen LogP) is 5.50. The van der Waals surface area contributed by atoms with E-state index >= 15 is 0 Å². The number of carbonyl (C=O) groups excluding carboxylic acids is 2. The van der Waals surface area contributed by atoms with Gasteiger partial charge in [-0.25, -0.2) is 0 Å². The van der Waals surface area contributed by atoms with Crippen molar-refractivity contribution in [2.45, 2.75) is 13.2 Å². The van der Waals surface area contributed by atoms with Crippen molar-refractivity contribution in [3.8, 4) is 0 Å². The Kier molecular flexibility index (Phi) is 6.75. The first-order valence-corrected chi connectivity index (χ1v) is 10.1. The Bertz CT molecular complexity index is 1170. The lowest BCUT2D eigenvalue weighted by Crippen LogP contribution is -2.13. The van der Waals surface area contributed by atoms with Crippen molar-refractivity contribution in [1.82, 2.24) is 0 Å². The van der Waals surface area contributed by atoms with Crippen molar-refractivity contribution in [1.29, 1.82) is 0 Å². The van der Waals surface area contributed by atoms with Crippen LogP contribution in [0.3, 0.4) is 0 Å². The van der Waals surface area contributed by atoms with Gasteiger partial charge in [0.15, 0.2) is 0 Å². The average molecular weight is 426 g/mol. The van der Waals surface area contributed by atoms with E-state index in [1.165, 1.54) is 0 Å². The zero-order valence-electron chi connectivity index (χ0n) is 17.3. The Morgan fingerprint density at radius 1 is 0.688 bits per heavy atom. The molecule has 1 heterocycles. The van der Waals surface area contributed by atoms with Gasteiger partial charge < -0.3 is 19.8 Å². The van der Waals surface area contributed by atoms with E-state index in [1.807, 2.05) is 54.6 Å². The highest BCUT2D eigenvalue weighted by Gasteiger charge is 2.09. The molecule has 0 saturated heterocycles. The van der Waals surface area contributed by atoms with Crippen LogP contribution in [0.5, 0.6) is 0 Å². The zero-order chi connectivity index (χ0) is 22.2. The first-order chi connectivity index (χ1) is 15.7. The Hall–Kier alpha value is -4.16. The third-order valence-corrected chi connectivity index (χ3v) is 4.72. The quantitative estimate of drug-likeness (QED) is 0.390. The van der Waals surface area contributed by atoms with E-state index in [0.29, 0.717) is 35.7 Å². The number of hydrogen-bond acceptors (Lipinski definition) is 4. The van der Waals surface area contributed by atoms with Gasteiger partial charge in [-0.1, -0.05) is 30.3 Å². The van der Waals surface area contributed by atoms with Gasteiger partial charge in [0.1, 0.15) is 12.4 Å². The molecule has 0 radical (unpaired) electrons. The Labute approximate surface area is 185 Å². The summed E-state index contributed by atoms with van der Waals surface area (Å²) in [6.45, 7) is 0.789. The van der Waals surface area contributed by atoms with Crippen LogP contribution in [-0.2, 0) is 18.0 Å². The molecular formula is C26H22N2O4. The molecule has 0 spiro atoms. The summed E-state index contributed by atoms with van der Waals surface area (Å²) in [7, 11) is 0. The molecule has 0 atom stereocenters. The average Bonchev–Trinajstić information content (AvgIpc) is 3.34. The molecule has 0 aliphatic carbocycles. The second-order valence-electron chi connectivity index (χ2n) is 7.12. The molecule has 1 aromatic heterocycles. The first-order valence-electron chi connectivity index (χ1n) is 10.1. The molecule has 0 bridgehead atoms. The number of nitrogens with one attached hydrogen (secondary N) is 2. The van der Waals surface area contributed by atoms with Crippen molar-refractivity contribution in [2.75, 3.05) is 10.6 Å². The van der Waals surface area contributed by atoms with E-state index in [0.717, 1.165) is 11.3 Å². The van der Waals surface area contributed by atoms with Crippen LogP contribution in [0.2, 0.25) is 0 Å². The minimum absolute atomic E-state index is 0.200. The summed E-state index contributed by atoms with van der Waals surface area (Å²) in [6, 6.07) is 26.9. The lowest BCUT2D eigenvalue weighted by Gasteiger charge is -2.09. The predicted molar refractivity (Wildman–Crippen MR) is 122 cm³/mol. The van der Waals surface area contributed by atoms with Gasteiger partial charge in [0.05, 0.1) is 12.9 Å². The van der Waals surface area contributed by atoms with Gasteiger partial charge in [0, 0.05) is 22.5 Å². The van der Waals surface area contributed by atoms with Crippen molar-refractivity contribution in [3.05, 3.63) is 120 Å². The van der Waals surface area contributed by atoms with E-state index in [-0.39, 0.29) is 11.8 Å². The monoisotopic (exact) mass is 426 g/mol. The summed E-state index contributed by atoms with van der Waals surface area (Å²) < 4.78 is 10.9. The van der Waals surface area contributed by atoms with Gasteiger partial charge >= 0.3 is 0 Å². The largest absolute Gasteiger partial charge is 0.467 e. The van der Waals surface area contributed by atoms with Crippen LogP contribution >= 0.6 is 0 Å². The lowest BCUT2D eigenvalue weighted by atomic mass is 10.1. The van der Waals surface area contributed by atoms with Gasteiger partial charge in [-0.2, -0.15) is 0 Å². The molecule has 2 amide bonds. The topological polar surface area (TPSA) is 80.6 Å². The molecule has 0 fully saturated rings. The third kappa shape index (κ3) is 5.71. The molecule has 2 N–H and O–H groups in total.